The SMILES string of the molecule is COC(=O)c1cc(C(=O)Cl)n(CC#N)n1. The van der Waals surface area contributed by atoms with Gasteiger partial charge in [0.15, 0.2) is 5.69 Å². The molecule has 0 aromatic carbocycles. The smallest absolute Gasteiger partial charge is 0.358 e. The molecule has 6 nitrogen and oxygen atoms in total. The first kappa shape index (κ1) is 11.2. The number of methoxy groups -OCH3 is 1. The van der Waals surface area contributed by atoms with E-state index in [9.17, 15) is 9.59 Å². The lowest BCUT2D eigenvalue weighted by molar-refractivity contribution is 0.0593. The average molecular weight is 228 g/mol. The minimum atomic E-state index is -0.784. The molecule has 1 rings (SSSR count). The fourth-order valence-electron chi connectivity index (χ4n) is 0.967. The molecule has 78 valence electrons. The summed E-state index contributed by atoms with van der Waals surface area (Å²) in [5.74, 6) is -0.689. The van der Waals surface area contributed by atoms with Crippen molar-refractivity contribution in [1.29, 1.82) is 5.26 Å². The molecular weight excluding hydrogens is 222 g/mol. The van der Waals surface area contributed by atoms with Gasteiger partial charge < -0.3 is 4.74 Å². The number of halogens is 1. The average Bonchev–Trinajstić information content (AvgIpc) is 2.61. The Labute approximate surface area is 90.0 Å². The molecule has 0 bridgehead atoms. The number of carbonyl (C=O) groups excluding carboxylic acids is 2. The van der Waals surface area contributed by atoms with Crippen LogP contribution in [0.5, 0.6) is 0 Å². The van der Waals surface area contributed by atoms with Crippen molar-refractivity contribution in [1.82, 2.24) is 9.78 Å². The van der Waals surface area contributed by atoms with Crippen molar-refractivity contribution in [2.45, 2.75) is 6.54 Å². The zero-order valence-corrected chi connectivity index (χ0v) is 8.48. The lowest BCUT2D eigenvalue weighted by Crippen LogP contribution is -2.07. The summed E-state index contributed by atoms with van der Waals surface area (Å²) in [7, 11) is 1.19. The number of esters is 1. The summed E-state index contributed by atoms with van der Waals surface area (Å²) < 4.78 is 5.45. The van der Waals surface area contributed by atoms with Gasteiger partial charge in [0.05, 0.1) is 13.2 Å². The first-order valence-electron chi connectivity index (χ1n) is 3.83. The maximum atomic E-state index is 11.1. The molecule has 0 aliphatic heterocycles. The second-order valence-corrected chi connectivity index (χ2v) is 2.84. The Hall–Kier alpha value is -1.87. The molecule has 0 saturated heterocycles. The van der Waals surface area contributed by atoms with Gasteiger partial charge in [-0.1, -0.05) is 0 Å². The molecule has 1 aromatic heterocycles. The van der Waals surface area contributed by atoms with Gasteiger partial charge in [0, 0.05) is 6.07 Å². The number of nitrogens with zero attached hydrogens (tertiary/aromatic N) is 3. The third-order valence-electron chi connectivity index (χ3n) is 1.60. The highest BCUT2D eigenvalue weighted by molar-refractivity contribution is 6.67. The Morgan fingerprint density at radius 3 is 2.87 bits per heavy atom. The Balaban J connectivity index is 3.15. The first-order chi connectivity index (χ1) is 7.10. The zero-order valence-electron chi connectivity index (χ0n) is 7.73. The standard InChI is InChI=1S/C8H6ClN3O3/c1-15-8(14)5-4-6(7(9)13)12(11-5)3-2-10/h4H,3H2,1H3. The van der Waals surface area contributed by atoms with Crippen LogP contribution in [0, 0.1) is 11.3 Å². The summed E-state index contributed by atoms with van der Waals surface area (Å²) >= 11 is 5.24. The monoisotopic (exact) mass is 227 g/mol. The van der Waals surface area contributed by atoms with Crippen LogP contribution in [-0.4, -0.2) is 28.1 Å². The number of aromatic nitrogens is 2. The quantitative estimate of drug-likeness (QED) is 0.557. The molecule has 0 radical (unpaired) electrons. The van der Waals surface area contributed by atoms with Gasteiger partial charge in [-0.05, 0) is 11.6 Å². The predicted molar refractivity (Wildman–Crippen MR) is 49.4 cm³/mol. The molecule has 0 N–H and O–H groups in total. The molecule has 0 saturated carbocycles. The van der Waals surface area contributed by atoms with Crippen LogP contribution in [-0.2, 0) is 11.3 Å². The number of hydrogen-bond acceptors (Lipinski definition) is 5. The van der Waals surface area contributed by atoms with Crippen LogP contribution in [0.25, 0.3) is 0 Å². The molecule has 0 aliphatic carbocycles. The molecule has 7 heteroatoms. The minimum Gasteiger partial charge on any atom is -0.464 e. The molecular formula is C8H6ClN3O3. The van der Waals surface area contributed by atoms with Crippen molar-refractivity contribution in [2.75, 3.05) is 7.11 Å². The number of hydrogen-bond donors (Lipinski definition) is 0. The van der Waals surface area contributed by atoms with Gasteiger partial charge in [-0.25, -0.2) is 9.48 Å². The second-order valence-electron chi connectivity index (χ2n) is 2.50. The lowest BCUT2D eigenvalue weighted by Gasteiger charge is -1.95. The third kappa shape index (κ3) is 2.33. The molecule has 0 atom stereocenters. The van der Waals surface area contributed by atoms with Gasteiger partial charge in [-0.2, -0.15) is 10.4 Å². The maximum absolute atomic E-state index is 11.1. The Morgan fingerprint density at radius 1 is 1.73 bits per heavy atom. The van der Waals surface area contributed by atoms with Crippen LogP contribution in [0.1, 0.15) is 21.0 Å². The van der Waals surface area contributed by atoms with E-state index in [2.05, 4.69) is 9.84 Å². The Kier molecular flexibility index (Phi) is 3.42. The molecule has 0 amide bonds. The first-order valence-corrected chi connectivity index (χ1v) is 4.21. The summed E-state index contributed by atoms with van der Waals surface area (Å²) in [5.41, 5.74) is -0.0737. The van der Waals surface area contributed by atoms with Crippen molar-refractivity contribution in [3.8, 4) is 6.07 Å². The van der Waals surface area contributed by atoms with Crippen LogP contribution in [0.15, 0.2) is 6.07 Å². The molecule has 0 aliphatic rings. The van der Waals surface area contributed by atoms with E-state index in [1.165, 1.54) is 13.2 Å². The Morgan fingerprint density at radius 2 is 2.40 bits per heavy atom. The van der Waals surface area contributed by atoms with Crippen LogP contribution in [0.2, 0.25) is 0 Å². The number of carbonyl (C=O) groups is 2. The number of rotatable bonds is 3. The molecule has 15 heavy (non-hydrogen) atoms. The predicted octanol–water partition coefficient (Wildman–Crippen LogP) is 0.572. The van der Waals surface area contributed by atoms with E-state index in [-0.39, 0.29) is 17.9 Å². The van der Waals surface area contributed by atoms with E-state index >= 15 is 0 Å². The van der Waals surface area contributed by atoms with E-state index in [4.69, 9.17) is 16.9 Å². The molecule has 1 heterocycles. The molecule has 0 fully saturated rings. The van der Waals surface area contributed by atoms with E-state index in [1.807, 2.05) is 0 Å². The van der Waals surface area contributed by atoms with E-state index in [1.54, 1.807) is 6.07 Å². The number of ether oxygens (including phenoxy) is 1. The fraction of sp³-hybridized carbons (Fsp3) is 0.250. The van der Waals surface area contributed by atoms with Crippen LogP contribution in [0.4, 0.5) is 0 Å². The van der Waals surface area contributed by atoms with Gasteiger partial charge in [-0.15, -0.1) is 0 Å². The molecule has 1 aromatic rings. The van der Waals surface area contributed by atoms with Gasteiger partial charge in [-0.3, -0.25) is 4.79 Å². The maximum Gasteiger partial charge on any atom is 0.358 e. The summed E-state index contributed by atoms with van der Waals surface area (Å²) in [6.45, 7) is -0.162. The summed E-state index contributed by atoms with van der Waals surface area (Å²) in [6.07, 6.45) is 0. The summed E-state index contributed by atoms with van der Waals surface area (Å²) in [5, 5.41) is 11.4. The van der Waals surface area contributed by atoms with E-state index in [0.29, 0.717) is 0 Å². The molecule has 0 unspecified atom stereocenters. The van der Waals surface area contributed by atoms with Gasteiger partial charge in [0.25, 0.3) is 5.24 Å². The normalized spacial score (nSPS) is 9.40. The highest BCUT2D eigenvalue weighted by atomic mass is 35.5. The van der Waals surface area contributed by atoms with E-state index in [0.717, 1.165) is 4.68 Å². The van der Waals surface area contributed by atoms with Gasteiger partial charge >= 0.3 is 5.97 Å². The second kappa shape index (κ2) is 4.57. The minimum absolute atomic E-state index is 0.0152. The van der Waals surface area contributed by atoms with Gasteiger partial charge in [0.2, 0.25) is 0 Å². The van der Waals surface area contributed by atoms with Crippen molar-refractivity contribution >= 4 is 22.8 Å². The zero-order chi connectivity index (χ0) is 11.4. The fourth-order valence-corrected chi connectivity index (χ4v) is 1.12. The van der Waals surface area contributed by atoms with Crippen molar-refractivity contribution < 1.29 is 14.3 Å². The Bertz CT molecular complexity index is 446. The van der Waals surface area contributed by atoms with Crippen LogP contribution >= 0.6 is 11.6 Å². The lowest BCUT2D eigenvalue weighted by atomic mass is 10.3. The topological polar surface area (TPSA) is 85.0 Å². The summed E-state index contributed by atoms with van der Waals surface area (Å²) in [4.78, 5) is 22.0. The highest BCUT2D eigenvalue weighted by Gasteiger charge is 2.17. The largest absolute Gasteiger partial charge is 0.464 e. The van der Waals surface area contributed by atoms with Crippen molar-refractivity contribution in [3.05, 3.63) is 17.5 Å². The van der Waals surface area contributed by atoms with Crippen molar-refractivity contribution in [3.63, 3.8) is 0 Å². The highest BCUT2D eigenvalue weighted by Crippen LogP contribution is 2.08. The molecule has 0 spiro atoms. The van der Waals surface area contributed by atoms with Crippen LogP contribution < -0.4 is 0 Å². The van der Waals surface area contributed by atoms with Gasteiger partial charge in [0.1, 0.15) is 12.2 Å². The van der Waals surface area contributed by atoms with Crippen molar-refractivity contribution in [2.24, 2.45) is 0 Å². The number of nitriles is 1. The van der Waals surface area contributed by atoms with Crippen LogP contribution in [0.3, 0.4) is 0 Å². The van der Waals surface area contributed by atoms with E-state index < -0.39 is 11.2 Å². The summed E-state index contributed by atoms with van der Waals surface area (Å²) in [6, 6.07) is 2.97. The third-order valence-corrected chi connectivity index (χ3v) is 1.79.